The number of aryl methyl sites for hydroxylation is 1. The molecule has 3 aromatic rings. The summed E-state index contributed by atoms with van der Waals surface area (Å²) in [6.45, 7) is 2.70. The Morgan fingerprint density at radius 3 is 3.17 bits per heavy atom. The van der Waals surface area contributed by atoms with Crippen molar-refractivity contribution in [1.29, 1.82) is 0 Å². The molecule has 7 nitrogen and oxygen atoms in total. The lowest BCUT2D eigenvalue weighted by Crippen LogP contribution is -2.35. The van der Waals surface area contributed by atoms with Gasteiger partial charge in [0.1, 0.15) is 5.82 Å². The Balaban J connectivity index is 1.53. The SMILES string of the molecule is Cn1ccnc1C1CCCN(Cc2cc(=O)n3[nH]ccc3n2)C1. The van der Waals surface area contributed by atoms with Crippen LogP contribution in [0.1, 0.15) is 30.3 Å². The molecule has 1 saturated heterocycles. The van der Waals surface area contributed by atoms with Gasteiger partial charge in [0, 0.05) is 56.8 Å². The zero-order valence-corrected chi connectivity index (χ0v) is 13.1. The number of nitrogens with zero attached hydrogens (tertiary/aromatic N) is 5. The second-order valence-corrected chi connectivity index (χ2v) is 6.21. The number of hydrogen-bond acceptors (Lipinski definition) is 4. The Kier molecular flexibility index (Phi) is 3.49. The summed E-state index contributed by atoms with van der Waals surface area (Å²) in [7, 11) is 2.05. The van der Waals surface area contributed by atoms with Crippen LogP contribution in [0.4, 0.5) is 0 Å². The number of piperidine rings is 1. The largest absolute Gasteiger partial charge is 0.338 e. The van der Waals surface area contributed by atoms with Crippen molar-refractivity contribution in [3.05, 3.63) is 52.6 Å². The third-order valence-corrected chi connectivity index (χ3v) is 4.55. The molecule has 0 bridgehead atoms. The van der Waals surface area contributed by atoms with Gasteiger partial charge in [0.25, 0.3) is 5.56 Å². The minimum absolute atomic E-state index is 0.0624. The molecular weight excluding hydrogens is 292 g/mol. The van der Waals surface area contributed by atoms with Crippen LogP contribution < -0.4 is 5.56 Å². The van der Waals surface area contributed by atoms with Crippen LogP contribution in [0.5, 0.6) is 0 Å². The van der Waals surface area contributed by atoms with Crippen molar-refractivity contribution in [3.63, 3.8) is 0 Å². The van der Waals surface area contributed by atoms with Crippen LogP contribution >= 0.6 is 0 Å². The van der Waals surface area contributed by atoms with Gasteiger partial charge >= 0.3 is 0 Å². The van der Waals surface area contributed by atoms with E-state index in [1.54, 1.807) is 12.3 Å². The fourth-order valence-corrected chi connectivity index (χ4v) is 3.47. The Morgan fingerprint density at radius 2 is 2.35 bits per heavy atom. The maximum absolute atomic E-state index is 12.1. The fourth-order valence-electron chi connectivity index (χ4n) is 3.47. The second-order valence-electron chi connectivity index (χ2n) is 6.21. The minimum atomic E-state index is -0.0624. The zero-order chi connectivity index (χ0) is 15.8. The predicted molar refractivity (Wildman–Crippen MR) is 86.3 cm³/mol. The summed E-state index contributed by atoms with van der Waals surface area (Å²) in [5.41, 5.74) is 1.44. The lowest BCUT2D eigenvalue weighted by Gasteiger charge is -2.32. The van der Waals surface area contributed by atoms with E-state index in [1.165, 1.54) is 4.52 Å². The summed E-state index contributed by atoms with van der Waals surface area (Å²) < 4.78 is 3.56. The first-order valence-electron chi connectivity index (χ1n) is 7.96. The summed E-state index contributed by atoms with van der Waals surface area (Å²) >= 11 is 0. The van der Waals surface area contributed by atoms with Gasteiger partial charge in [0.2, 0.25) is 0 Å². The Labute approximate surface area is 133 Å². The number of hydrogen-bond donors (Lipinski definition) is 1. The highest BCUT2D eigenvalue weighted by Crippen LogP contribution is 2.26. The molecule has 0 aliphatic carbocycles. The summed E-state index contributed by atoms with van der Waals surface area (Å²) in [5, 5.41) is 2.87. The van der Waals surface area contributed by atoms with E-state index in [1.807, 2.05) is 25.5 Å². The summed E-state index contributed by atoms with van der Waals surface area (Å²) in [6.07, 6.45) is 7.88. The van der Waals surface area contributed by atoms with E-state index >= 15 is 0 Å². The highest BCUT2D eigenvalue weighted by molar-refractivity contribution is 5.36. The average Bonchev–Trinajstić information content (AvgIpc) is 3.16. The van der Waals surface area contributed by atoms with Crippen molar-refractivity contribution in [1.82, 2.24) is 29.0 Å². The molecule has 1 N–H and O–H groups in total. The van der Waals surface area contributed by atoms with Crippen molar-refractivity contribution >= 4 is 5.65 Å². The molecule has 120 valence electrons. The summed E-state index contributed by atoms with van der Waals surface area (Å²) in [4.78, 5) is 23.5. The summed E-state index contributed by atoms with van der Waals surface area (Å²) in [6, 6.07) is 3.44. The number of imidazole rings is 1. The van der Waals surface area contributed by atoms with Gasteiger partial charge in [0.05, 0.1) is 5.69 Å². The number of rotatable bonds is 3. The van der Waals surface area contributed by atoms with E-state index < -0.39 is 0 Å². The van der Waals surface area contributed by atoms with Gasteiger partial charge in [-0.2, -0.15) is 0 Å². The standard InChI is InChI=1S/C16H20N6O/c1-20-8-6-17-16(20)12-3-2-7-21(10-12)11-13-9-15(23)22-14(19-13)4-5-18-22/h4-6,8-9,12,18H,2-3,7,10-11H2,1H3. The third kappa shape index (κ3) is 2.68. The first-order chi connectivity index (χ1) is 11.2. The molecule has 4 heterocycles. The van der Waals surface area contributed by atoms with Gasteiger partial charge in [-0.1, -0.05) is 0 Å². The number of H-pyrrole nitrogens is 1. The van der Waals surface area contributed by atoms with Crippen LogP contribution in [0.3, 0.4) is 0 Å². The van der Waals surface area contributed by atoms with Gasteiger partial charge in [-0.3, -0.25) is 14.8 Å². The molecule has 23 heavy (non-hydrogen) atoms. The van der Waals surface area contributed by atoms with Crippen LogP contribution in [0.2, 0.25) is 0 Å². The average molecular weight is 312 g/mol. The zero-order valence-electron chi connectivity index (χ0n) is 13.1. The number of nitrogens with one attached hydrogen (secondary N) is 1. The Morgan fingerprint density at radius 1 is 1.43 bits per heavy atom. The van der Waals surface area contributed by atoms with E-state index in [0.717, 1.165) is 37.4 Å². The number of aromatic nitrogens is 5. The van der Waals surface area contributed by atoms with Crippen LogP contribution in [-0.4, -0.2) is 42.1 Å². The molecule has 7 heteroatoms. The molecule has 1 unspecified atom stereocenters. The molecule has 0 amide bonds. The second kappa shape index (κ2) is 5.66. The first kappa shape index (κ1) is 14.2. The highest BCUT2D eigenvalue weighted by atomic mass is 16.1. The number of likely N-dealkylation sites (tertiary alicyclic amines) is 1. The molecule has 1 aliphatic rings. The topological polar surface area (TPSA) is 71.2 Å². The lowest BCUT2D eigenvalue weighted by molar-refractivity contribution is 0.193. The van der Waals surface area contributed by atoms with Crippen molar-refractivity contribution in [3.8, 4) is 0 Å². The van der Waals surface area contributed by atoms with Gasteiger partial charge in [-0.15, -0.1) is 0 Å². The third-order valence-electron chi connectivity index (χ3n) is 4.55. The quantitative estimate of drug-likeness (QED) is 0.787. The van der Waals surface area contributed by atoms with Crippen molar-refractivity contribution < 1.29 is 0 Å². The normalized spacial score (nSPS) is 19.4. The maximum Gasteiger partial charge on any atom is 0.272 e. The summed E-state index contributed by atoms with van der Waals surface area (Å²) in [5.74, 6) is 1.59. The molecule has 0 radical (unpaired) electrons. The van der Waals surface area contributed by atoms with Gasteiger partial charge < -0.3 is 4.57 Å². The van der Waals surface area contributed by atoms with Gasteiger partial charge in [0.15, 0.2) is 5.65 Å². The van der Waals surface area contributed by atoms with E-state index in [0.29, 0.717) is 18.1 Å². The van der Waals surface area contributed by atoms with Crippen molar-refractivity contribution in [2.24, 2.45) is 7.05 Å². The smallest absolute Gasteiger partial charge is 0.272 e. The van der Waals surface area contributed by atoms with Crippen LogP contribution in [-0.2, 0) is 13.6 Å². The molecule has 1 atom stereocenters. The van der Waals surface area contributed by atoms with Gasteiger partial charge in [-0.25, -0.2) is 14.5 Å². The van der Waals surface area contributed by atoms with E-state index in [9.17, 15) is 4.79 Å². The van der Waals surface area contributed by atoms with Gasteiger partial charge in [-0.05, 0) is 19.4 Å². The minimum Gasteiger partial charge on any atom is -0.338 e. The molecule has 1 aliphatic heterocycles. The molecule has 0 saturated carbocycles. The lowest BCUT2D eigenvalue weighted by atomic mass is 9.97. The van der Waals surface area contributed by atoms with Crippen LogP contribution in [0.25, 0.3) is 5.65 Å². The van der Waals surface area contributed by atoms with E-state index in [4.69, 9.17) is 0 Å². The van der Waals surface area contributed by atoms with Crippen LogP contribution in [0, 0.1) is 0 Å². The highest BCUT2D eigenvalue weighted by Gasteiger charge is 2.24. The molecule has 4 rings (SSSR count). The predicted octanol–water partition coefficient (Wildman–Crippen LogP) is 1.14. The van der Waals surface area contributed by atoms with Crippen molar-refractivity contribution in [2.75, 3.05) is 13.1 Å². The Bertz CT molecular complexity index is 876. The molecule has 0 aromatic carbocycles. The van der Waals surface area contributed by atoms with E-state index in [2.05, 4.69) is 24.5 Å². The maximum atomic E-state index is 12.1. The van der Waals surface area contributed by atoms with E-state index in [-0.39, 0.29) is 5.56 Å². The fraction of sp³-hybridized carbons (Fsp3) is 0.438. The molecule has 1 fully saturated rings. The molecular formula is C16H20N6O. The molecule has 0 spiro atoms. The monoisotopic (exact) mass is 312 g/mol. The van der Waals surface area contributed by atoms with Crippen molar-refractivity contribution in [2.45, 2.75) is 25.3 Å². The molecule has 3 aromatic heterocycles. The Hall–Kier alpha value is -2.41. The number of aromatic amines is 1. The first-order valence-corrected chi connectivity index (χ1v) is 7.96. The number of fused-ring (bicyclic) bond motifs is 1. The van der Waals surface area contributed by atoms with Crippen LogP contribution in [0.15, 0.2) is 35.5 Å².